The molecule has 1 N–H and O–H groups in total. The molecule has 1 saturated heterocycles. The van der Waals surface area contributed by atoms with Crippen molar-refractivity contribution >= 4 is 28.3 Å². The van der Waals surface area contributed by atoms with Crippen LogP contribution in [-0.2, 0) is 4.79 Å². The summed E-state index contributed by atoms with van der Waals surface area (Å²) in [6.45, 7) is 1.91. The van der Waals surface area contributed by atoms with Crippen molar-refractivity contribution in [3.05, 3.63) is 48.5 Å². The van der Waals surface area contributed by atoms with E-state index >= 15 is 0 Å². The Morgan fingerprint density at radius 3 is 2.53 bits per heavy atom. The molecule has 7 nitrogen and oxygen atoms in total. The van der Waals surface area contributed by atoms with E-state index in [9.17, 15) is 4.79 Å². The number of rotatable bonds is 7. The van der Waals surface area contributed by atoms with Crippen molar-refractivity contribution < 1.29 is 19.0 Å². The normalized spacial score (nSPS) is 14.0. The van der Waals surface area contributed by atoms with E-state index in [0.717, 1.165) is 29.8 Å². The fourth-order valence-electron chi connectivity index (χ4n) is 3.93. The lowest BCUT2D eigenvalue weighted by molar-refractivity contribution is -0.118. The zero-order valence-corrected chi connectivity index (χ0v) is 18.6. The number of pyridine rings is 1. The second-order valence-corrected chi connectivity index (χ2v) is 7.80. The third-order valence-corrected chi connectivity index (χ3v) is 5.64. The molecular formula is C25H29N3O4. The van der Waals surface area contributed by atoms with Gasteiger partial charge in [-0.2, -0.15) is 0 Å². The van der Waals surface area contributed by atoms with Crippen LogP contribution in [0.3, 0.4) is 0 Å². The minimum absolute atomic E-state index is 0.135. The lowest BCUT2D eigenvalue weighted by Crippen LogP contribution is -2.24. The van der Waals surface area contributed by atoms with Gasteiger partial charge in [0, 0.05) is 24.5 Å². The third-order valence-electron chi connectivity index (χ3n) is 5.64. The first-order chi connectivity index (χ1) is 15.7. The first-order valence-electron chi connectivity index (χ1n) is 11.0. The molecule has 4 rings (SSSR count). The average Bonchev–Trinajstić information content (AvgIpc) is 3.12. The number of aromatic nitrogens is 1. The van der Waals surface area contributed by atoms with Crippen LogP contribution in [0.2, 0.25) is 0 Å². The van der Waals surface area contributed by atoms with E-state index < -0.39 is 0 Å². The minimum atomic E-state index is -0.283. The number of nitrogens with one attached hydrogen (secondary N) is 1. The summed E-state index contributed by atoms with van der Waals surface area (Å²) in [5, 5.41) is 3.81. The Kier molecular flexibility index (Phi) is 6.94. The number of fused-ring (bicyclic) bond motifs is 1. The van der Waals surface area contributed by atoms with Crippen molar-refractivity contribution in [1.82, 2.24) is 4.98 Å². The average molecular weight is 436 g/mol. The highest BCUT2D eigenvalue weighted by Crippen LogP contribution is 2.30. The van der Waals surface area contributed by atoms with Gasteiger partial charge in [0.15, 0.2) is 6.61 Å². The van der Waals surface area contributed by atoms with Crippen molar-refractivity contribution in [3.63, 3.8) is 0 Å². The number of hydrogen-bond acceptors (Lipinski definition) is 6. The highest BCUT2D eigenvalue weighted by Gasteiger charge is 2.14. The van der Waals surface area contributed by atoms with Gasteiger partial charge in [0.2, 0.25) is 0 Å². The zero-order chi connectivity index (χ0) is 22.3. The number of carbonyl (C=O) groups excluding carboxylic acids is 1. The minimum Gasteiger partial charge on any atom is -0.497 e. The summed E-state index contributed by atoms with van der Waals surface area (Å²) in [4.78, 5) is 19.8. The molecule has 1 fully saturated rings. The van der Waals surface area contributed by atoms with Gasteiger partial charge in [-0.05, 0) is 43.2 Å². The fraction of sp³-hybridized carbons (Fsp3) is 0.360. The molecule has 0 spiro atoms. The van der Waals surface area contributed by atoms with Crippen LogP contribution in [0, 0.1) is 0 Å². The molecule has 0 bridgehead atoms. The van der Waals surface area contributed by atoms with E-state index in [1.54, 1.807) is 32.4 Å². The maximum Gasteiger partial charge on any atom is 0.262 e. The predicted molar refractivity (Wildman–Crippen MR) is 126 cm³/mol. The van der Waals surface area contributed by atoms with Crippen molar-refractivity contribution in [2.75, 3.05) is 44.1 Å². The maximum absolute atomic E-state index is 12.5. The van der Waals surface area contributed by atoms with Gasteiger partial charge in [-0.1, -0.05) is 25.0 Å². The summed E-state index contributed by atoms with van der Waals surface area (Å²) in [5.41, 5.74) is 1.32. The molecule has 7 heteroatoms. The Labute approximate surface area is 188 Å². The molecule has 32 heavy (non-hydrogen) atoms. The number of hydrogen-bond donors (Lipinski definition) is 1. The number of nitrogens with zero attached hydrogens (tertiary/aromatic N) is 2. The van der Waals surface area contributed by atoms with E-state index in [1.165, 1.54) is 25.7 Å². The van der Waals surface area contributed by atoms with Gasteiger partial charge in [-0.3, -0.25) is 4.79 Å². The standard InChI is InChI=1S/C25H29N3O4/c1-30-19-11-12-20(22(16-19)31-2)26-24(29)17-32-21-9-7-8-18-10-13-23(27-25(18)21)28-14-5-3-4-6-15-28/h7-13,16H,3-6,14-15,17H2,1-2H3,(H,26,29). The van der Waals surface area contributed by atoms with E-state index in [4.69, 9.17) is 19.2 Å². The lowest BCUT2D eigenvalue weighted by Gasteiger charge is -2.22. The van der Waals surface area contributed by atoms with Crippen LogP contribution in [0.25, 0.3) is 10.9 Å². The Morgan fingerprint density at radius 2 is 1.78 bits per heavy atom. The molecule has 0 saturated carbocycles. The number of methoxy groups -OCH3 is 2. The summed E-state index contributed by atoms with van der Waals surface area (Å²) in [6, 6.07) is 15.1. The van der Waals surface area contributed by atoms with Crippen LogP contribution < -0.4 is 24.4 Å². The molecular weight excluding hydrogens is 406 g/mol. The first kappa shape index (κ1) is 21.7. The van der Waals surface area contributed by atoms with Crippen LogP contribution in [-0.4, -0.2) is 44.8 Å². The number of para-hydroxylation sites is 1. The van der Waals surface area contributed by atoms with Crippen molar-refractivity contribution in [3.8, 4) is 17.2 Å². The first-order valence-corrected chi connectivity index (χ1v) is 11.0. The second kappa shape index (κ2) is 10.2. The topological polar surface area (TPSA) is 72.9 Å². The lowest BCUT2D eigenvalue weighted by atomic mass is 10.2. The van der Waals surface area contributed by atoms with Crippen LogP contribution in [0.5, 0.6) is 17.2 Å². The molecule has 1 aliphatic heterocycles. The molecule has 1 aromatic heterocycles. The molecule has 1 amide bonds. The van der Waals surface area contributed by atoms with Gasteiger partial charge >= 0.3 is 0 Å². The smallest absolute Gasteiger partial charge is 0.262 e. The van der Waals surface area contributed by atoms with Gasteiger partial charge < -0.3 is 24.4 Å². The van der Waals surface area contributed by atoms with E-state index in [-0.39, 0.29) is 12.5 Å². The van der Waals surface area contributed by atoms with Gasteiger partial charge in [0.1, 0.15) is 28.6 Å². The van der Waals surface area contributed by atoms with Gasteiger partial charge in [0.25, 0.3) is 5.91 Å². The number of ether oxygens (including phenoxy) is 3. The molecule has 0 atom stereocenters. The highest BCUT2D eigenvalue weighted by molar-refractivity contribution is 5.94. The van der Waals surface area contributed by atoms with E-state index in [0.29, 0.717) is 22.9 Å². The number of amides is 1. The summed E-state index contributed by atoms with van der Waals surface area (Å²) in [5.74, 6) is 2.44. The largest absolute Gasteiger partial charge is 0.497 e. The van der Waals surface area contributed by atoms with Gasteiger partial charge in [0.05, 0.1) is 19.9 Å². The maximum atomic E-state index is 12.5. The molecule has 2 aromatic carbocycles. The zero-order valence-electron chi connectivity index (χ0n) is 18.6. The Balaban J connectivity index is 1.48. The molecule has 0 unspecified atom stereocenters. The quantitative estimate of drug-likeness (QED) is 0.582. The monoisotopic (exact) mass is 435 g/mol. The summed E-state index contributed by atoms with van der Waals surface area (Å²) in [6.07, 6.45) is 4.92. The van der Waals surface area contributed by atoms with Gasteiger partial charge in [-0.15, -0.1) is 0 Å². The van der Waals surface area contributed by atoms with Crippen LogP contribution >= 0.6 is 0 Å². The van der Waals surface area contributed by atoms with Gasteiger partial charge in [-0.25, -0.2) is 4.98 Å². The SMILES string of the molecule is COc1ccc(NC(=O)COc2cccc3ccc(N4CCCCCC4)nc23)c(OC)c1. The molecule has 0 aliphatic carbocycles. The number of carbonyl (C=O) groups is 1. The molecule has 0 radical (unpaired) electrons. The Morgan fingerprint density at radius 1 is 0.969 bits per heavy atom. The summed E-state index contributed by atoms with van der Waals surface area (Å²) < 4.78 is 16.4. The predicted octanol–water partition coefficient (Wildman–Crippen LogP) is 4.65. The Hall–Kier alpha value is -3.48. The molecule has 3 aromatic rings. The fourth-order valence-corrected chi connectivity index (χ4v) is 3.93. The van der Waals surface area contributed by atoms with E-state index in [2.05, 4.69) is 22.3 Å². The van der Waals surface area contributed by atoms with Crippen molar-refractivity contribution in [2.45, 2.75) is 25.7 Å². The van der Waals surface area contributed by atoms with Crippen LogP contribution in [0.1, 0.15) is 25.7 Å². The number of benzene rings is 2. The van der Waals surface area contributed by atoms with Crippen LogP contribution in [0.4, 0.5) is 11.5 Å². The second-order valence-electron chi connectivity index (χ2n) is 7.80. The highest BCUT2D eigenvalue weighted by atomic mass is 16.5. The third kappa shape index (κ3) is 5.04. The molecule has 168 valence electrons. The molecule has 1 aliphatic rings. The Bertz CT molecular complexity index is 1080. The van der Waals surface area contributed by atoms with Crippen molar-refractivity contribution in [1.29, 1.82) is 0 Å². The van der Waals surface area contributed by atoms with Crippen molar-refractivity contribution in [2.24, 2.45) is 0 Å². The summed E-state index contributed by atoms with van der Waals surface area (Å²) in [7, 11) is 3.13. The number of anilines is 2. The summed E-state index contributed by atoms with van der Waals surface area (Å²) >= 11 is 0. The van der Waals surface area contributed by atoms with Crippen LogP contribution in [0.15, 0.2) is 48.5 Å². The molecule has 2 heterocycles. The van der Waals surface area contributed by atoms with E-state index in [1.807, 2.05) is 18.2 Å².